The molecule has 2 rings (SSSR count). The predicted octanol–water partition coefficient (Wildman–Crippen LogP) is 3.08. The van der Waals surface area contributed by atoms with Crippen molar-refractivity contribution < 1.29 is 14.3 Å². The summed E-state index contributed by atoms with van der Waals surface area (Å²) >= 11 is 11.9. The van der Waals surface area contributed by atoms with Gasteiger partial charge in [0, 0.05) is 5.70 Å². The van der Waals surface area contributed by atoms with Crippen LogP contribution in [-0.2, 0) is 9.53 Å². The molecule has 1 aliphatic rings. The van der Waals surface area contributed by atoms with Crippen molar-refractivity contribution in [3.05, 3.63) is 45.1 Å². The number of ether oxygens (including phenoxy) is 1. The van der Waals surface area contributed by atoms with Crippen molar-refractivity contribution in [2.24, 2.45) is 0 Å². The maximum Gasteiger partial charge on any atom is 0.338 e. The third-order valence-corrected chi connectivity index (χ3v) is 3.95. The van der Waals surface area contributed by atoms with Crippen molar-refractivity contribution >= 4 is 35.2 Å². The first-order valence-electron chi connectivity index (χ1n) is 6.71. The van der Waals surface area contributed by atoms with Crippen LogP contribution in [0.5, 0.6) is 0 Å². The first-order valence-corrected chi connectivity index (χ1v) is 7.47. The van der Waals surface area contributed by atoms with E-state index in [0.717, 1.165) is 0 Å². The van der Waals surface area contributed by atoms with E-state index in [0.29, 0.717) is 21.3 Å². The number of carbonyl (C=O) groups excluding carboxylic acids is 2. The smallest absolute Gasteiger partial charge is 0.338 e. The molecule has 23 heavy (non-hydrogen) atoms. The summed E-state index contributed by atoms with van der Waals surface area (Å²) in [6.45, 7) is 1.58. The Kier molecular flexibility index (Phi) is 5.48. The summed E-state index contributed by atoms with van der Waals surface area (Å²) in [6.07, 6.45) is 0.0926. The molecule has 1 heterocycles. The molecule has 0 saturated heterocycles. The fourth-order valence-corrected chi connectivity index (χ4v) is 2.48. The molecule has 0 bridgehead atoms. The fourth-order valence-electron chi connectivity index (χ4n) is 2.17. The molecule has 1 aromatic rings. The van der Waals surface area contributed by atoms with Gasteiger partial charge in [-0.25, -0.2) is 9.59 Å². The van der Waals surface area contributed by atoms with Gasteiger partial charge in [0.2, 0.25) is 0 Å². The molecule has 0 fully saturated rings. The molecule has 2 N–H and O–H groups in total. The molecule has 2 amide bonds. The van der Waals surface area contributed by atoms with Gasteiger partial charge >= 0.3 is 12.0 Å². The lowest BCUT2D eigenvalue weighted by Gasteiger charge is -2.28. The van der Waals surface area contributed by atoms with E-state index in [-0.39, 0.29) is 18.6 Å². The van der Waals surface area contributed by atoms with Crippen LogP contribution >= 0.6 is 23.2 Å². The van der Waals surface area contributed by atoms with Crippen LogP contribution in [-0.4, -0.2) is 18.6 Å². The predicted molar refractivity (Wildman–Crippen MR) is 84.8 cm³/mol. The molecule has 120 valence electrons. The number of esters is 1. The summed E-state index contributed by atoms with van der Waals surface area (Å²) in [5.41, 5.74) is 1.23. The lowest BCUT2D eigenvalue weighted by molar-refractivity contribution is -0.139. The molecule has 0 aromatic heterocycles. The van der Waals surface area contributed by atoms with Gasteiger partial charge in [-0.05, 0) is 24.6 Å². The highest BCUT2D eigenvalue weighted by molar-refractivity contribution is 6.42. The third-order valence-electron chi connectivity index (χ3n) is 3.21. The van der Waals surface area contributed by atoms with E-state index in [4.69, 9.17) is 33.2 Å². The minimum atomic E-state index is -0.715. The van der Waals surface area contributed by atoms with E-state index in [2.05, 4.69) is 10.6 Å². The normalized spacial score (nSPS) is 17.1. The number of benzene rings is 1. The quantitative estimate of drug-likeness (QED) is 0.642. The van der Waals surface area contributed by atoms with Crippen LogP contribution in [0.2, 0.25) is 10.0 Å². The fraction of sp³-hybridized carbons (Fsp3) is 0.267. The van der Waals surface area contributed by atoms with E-state index < -0.39 is 18.0 Å². The summed E-state index contributed by atoms with van der Waals surface area (Å²) in [5.74, 6) is -0.610. The molecule has 0 radical (unpaired) electrons. The Balaban J connectivity index is 2.36. The zero-order valence-electron chi connectivity index (χ0n) is 12.2. The molecule has 0 unspecified atom stereocenters. The molecule has 0 spiro atoms. The van der Waals surface area contributed by atoms with Gasteiger partial charge in [0.05, 0.1) is 34.2 Å². The first-order chi connectivity index (χ1) is 10.9. The summed E-state index contributed by atoms with van der Waals surface area (Å²) in [5, 5.41) is 14.4. The topological polar surface area (TPSA) is 91.2 Å². The van der Waals surface area contributed by atoms with Crippen LogP contribution in [0.1, 0.15) is 24.9 Å². The number of nitrogens with zero attached hydrogens (tertiary/aromatic N) is 1. The van der Waals surface area contributed by atoms with Gasteiger partial charge in [0.25, 0.3) is 0 Å². The lowest BCUT2D eigenvalue weighted by Crippen LogP contribution is -2.45. The zero-order chi connectivity index (χ0) is 17.0. The number of allylic oxidation sites excluding steroid dienone is 1. The molecular weight excluding hydrogens is 341 g/mol. The average Bonchev–Trinajstić information content (AvgIpc) is 2.49. The highest BCUT2D eigenvalue weighted by Crippen LogP contribution is 2.31. The van der Waals surface area contributed by atoms with Crippen LogP contribution in [0.25, 0.3) is 0 Å². The molecule has 8 heteroatoms. The molecule has 1 aliphatic heterocycles. The van der Waals surface area contributed by atoms with Gasteiger partial charge in [-0.2, -0.15) is 5.26 Å². The Morgan fingerprint density at radius 2 is 2.13 bits per heavy atom. The van der Waals surface area contributed by atoms with E-state index in [1.54, 1.807) is 25.1 Å². The van der Waals surface area contributed by atoms with Gasteiger partial charge in [0.15, 0.2) is 0 Å². The van der Waals surface area contributed by atoms with Crippen LogP contribution in [0, 0.1) is 11.3 Å². The van der Waals surface area contributed by atoms with E-state index in [1.807, 2.05) is 6.07 Å². The monoisotopic (exact) mass is 353 g/mol. The van der Waals surface area contributed by atoms with Crippen LogP contribution in [0.3, 0.4) is 0 Å². The van der Waals surface area contributed by atoms with Crippen molar-refractivity contribution in [1.82, 2.24) is 10.6 Å². The van der Waals surface area contributed by atoms with E-state index >= 15 is 0 Å². The number of hydrogen-bond acceptors (Lipinski definition) is 4. The van der Waals surface area contributed by atoms with Crippen molar-refractivity contribution in [3.8, 4) is 6.07 Å². The molecule has 1 aromatic carbocycles. The van der Waals surface area contributed by atoms with Crippen molar-refractivity contribution in [2.45, 2.75) is 19.4 Å². The average molecular weight is 354 g/mol. The number of nitriles is 1. The first kappa shape index (κ1) is 17.1. The Hall–Kier alpha value is -2.23. The largest absolute Gasteiger partial charge is 0.461 e. The number of nitrogens with one attached hydrogen (secondary N) is 2. The summed E-state index contributed by atoms with van der Waals surface area (Å²) in [4.78, 5) is 24.0. The Morgan fingerprint density at radius 3 is 2.78 bits per heavy atom. The summed E-state index contributed by atoms with van der Waals surface area (Å²) in [6, 6.07) is 5.57. The minimum absolute atomic E-state index is 0.0197. The zero-order valence-corrected chi connectivity index (χ0v) is 13.7. The van der Waals surface area contributed by atoms with Crippen molar-refractivity contribution in [2.75, 3.05) is 6.61 Å². The number of carbonyl (C=O) groups is 2. The highest BCUT2D eigenvalue weighted by atomic mass is 35.5. The summed E-state index contributed by atoms with van der Waals surface area (Å²) < 4.78 is 5.06. The summed E-state index contributed by atoms with van der Waals surface area (Å²) in [7, 11) is 0. The van der Waals surface area contributed by atoms with E-state index in [9.17, 15) is 9.59 Å². The third kappa shape index (κ3) is 3.95. The van der Waals surface area contributed by atoms with Gasteiger partial charge in [0.1, 0.15) is 6.61 Å². The maximum absolute atomic E-state index is 12.3. The Morgan fingerprint density at radius 1 is 1.39 bits per heavy atom. The number of rotatable bonds is 4. The maximum atomic E-state index is 12.3. The minimum Gasteiger partial charge on any atom is -0.461 e. The van der Waals surface area contributed by atoms with Crippen molar-refractivity contribution in [1.29, 1.82) is 5.26 Å². The molecule has 1 atom stereocenters. The second-order valence-corrected chi connectivity index (χ2v) is 5.60. The van der Waals surface area contributed by atoms with Gasteiger partial charge in [-0.3, -0.25) is 0 Å². The number of amides is 2. The second kappa shape index (κ2) is 7.36. The second-order valence-electron chi connectivity index (χ2n) is 4.79. The van der Waals surface area contributed by atoms with Gasteiger partial charge in [-0.15, -0.1) is 0 Å². The number of halogens is 2. The standard InChI is InChI=1S/C15H13Cl2N3O3/c1-8-12(14(21)23-6-2-5-18)13(20-15(22)19-8)9-3-4-10(16)11(17)7-9/h3-4,7,13H,2,6H2,1H3,(H2,19,20,22)/t13-/m0/s1. The van der Waals surface area contributed by atoms with Crippen LogP contribution in [0.4, 0.5) is 4.79 Å². The number of urea groups is 1. The van der Waals surface area contributed by atoms with Crippen molar-refractivity contribution in [3.63, 3.8) is 0 Å². The van der Waals surface area contributed by atoms with E-state index in [1.165, 1.54) is 0 Å². The van der Waals surface area contributed by atoms with Crippen LogP contribution < -0.4 is 10.6 Å². The van der Waals surface area contributed by atoms with Gasteiger partial charge < -0.3 is 15.4 Å². The lowest BCUT2D eigenvalue weighted by atomic mass is 9.95. The van der Waals surface area contributed by atoms with Gasteiger partial charge in [-0.1, -0.05) is 29.3 Å². The molecule has 0 aliphatic carbocycles. The van der Waals surface area contributed by atoms with Crippen LogP contribution in [0.15, 0.2) is 29.5 Å². The highest BCUT2D eigenvalue weighted by Gasteiger charge is 2.32. The molecular formula is C15H13Cl2N3O3. The SMILES string of the molecule is CC1=C(C(=O)OCCC#N)[C@H](c2ccc(Cl)c(Cl)c2)NC(=O)N1. The Bertz CT molecular complexity index is 725. The molecule has 0 saturated carbocycles. The number of hydrogen-bond donors (Lipinski definition) is 2. The molecule has 6 nitrogen and oxygen atoms in total. The Labute approximate surface area is 143 Å².